The fourth-order valence-corrected chi connectivity index (χ4v) is 2.02. The summed E-state index contributed by atoms with van der Waals surface area (Å²) in [7, 11) is 0. The van der Waals surface area contributed by atoms with Crippen molar-refractivity contribution in [3.63, 3.8) is 0 Å². The third-order valence-corrected chi connectivity index (χ3v) is 3.14. The second-order valence-electron chi connectivity index (χ2n) is 4.20. The van der Waals surface area contributed by atoms with Gasteiger partial charge in [0.1, 0.15) is 5.82 Å². The Kier molecular flexibility index (Phi) is 4.17. The van der Waals surface area contributed by atoms with Gasteiger partial charge in [-0.3, -0.25) is 4.79 Å². The number of halogens is 2. The molecule has 0 bridgehead atoms. The summed E-state index contributed by atoms with van der Waals surface area (Å²) in [5.74, 6) is -0.463. The summed E-state index contributed by atoms with van der Waals surface area (Å²) in [5, 5.41) is 2.76. The number of carbonyl (C=O) groups is 1. The van der Waals surface area contributed by atoms with Crippen molar-refractivity contribution >= 4 is 23.2 Å². The van der Waals surface area contributed by atoms with E-state index >= 15 is 0 Å². The van der Waals surface area contributed by atoms with E-state index in [1.165, 1.54) is 12.1 Å². The Balaban J connectivity index is 2.28. The number of rotatable bonds is 3. The standard InChI is InChI=1S/C15H13ClFNO/c1-10-6-7-12(17)8-13(10)15(19)18-14-5-3-2-4-11(14)9-16/h2-8H,9H2,1H3,(H,18,19). The molecule has 0 aliphatic carbocycles. The van der Waals surface area contributed by atoms with Gasteiger partial charge in [0.05, 0.1) is 0 Å². The topological polar surface area (TPSA) is 29.1 Å². The van der Waals surface area contributed by atoms with Crippen LogP contribution in [0.2, 0.25) is 0 Å². The van der Waals surface area contributed by atoms with Gasteiger partial charge in [-0.05, 0) is 36.2 Å². The van der Waals surface area contributed by atoms with Crippen molar-refractivity contribution in [1.82, 2.24) is 0 Å². The van der Waals surface area contributed by atoms with E-state index in [9.17, 15) is 9.18 Å². The molecule has 2 rings (SSSR count). The van der Waals surface area contributed by atoms with Gasteiger partial charge >= 0.3 is 0 Å². The van der Waals surface area contributed by atoms with Crippen molar-refractivity contribution in [1.29, 1.82) is 0 Å². The summed E-state index contributed by atoms with van der Waals surface area (Å²) in [6, 6.07) is 11.4. The van der Waals surface area contributed by atoms with Crippen LogP contribution in [0.4, 0.5) is 10.1 Å². The molecule has 0 atom stereocenters. The lowest BCUT2D eigenvalue weighted by atomic mass is 10.1. The van der Waals surface area contributed by atoms with E-state index in [1.54, 1.807) is 19.1 Å². The first-order valence-electron chi connectivity index (χ1n) is 5.83. The zero-order chi connectivity index (χ0) is 13.8. The van der Waals surface area contributed by atoms with Gasteiger partial charge in [-0.2, -0.15) is 0 Å². The van der Waals surface area contributed by atoms with Crippen molar-refractivity contribution in [2.24, 2.45) is 0 Å². The maximum atomic E-state index is 13.2. The lowest BCUT2D eigenvalue weighted by Gasteiger charge is -2.10. The molecule has 0 saturated heterocycles. The summed E-state index contributed by atoms with van der Waals surface area (Å²) in [6.45, 7) is 1.77. The number of amides is 1. The number of benzene rings is 2. The van der Waals surface area contributed by atoms with Crippen LogP contribution >= 0.6 is 11.6 Å². The maximum Gasteiger partial charge on any atom is 0.256 e. The van der Waals surface area contributed by atoms with Crippen molar-refractivity contribution < 1.29 is 9.18 Å². The van der Waals surface area contributed by atoms with Gasteiger partial charge in [0.15, 0.2) is 0 Å². The Morgan fingerprint density at radius 1 is 1.26 bits per heavy atom. The number of anilines is 1. The highest BCUT2D eigenvalue weighted by Gasteiger charge is 2.11. The average Bonchev–Trinajstić information content (AvgIpc) is 2.42. The predicted octanol–water partition coefficient (Wildman–Crippen LogP) is 4.13. The molecule has 0 aromatic heterocycles. The molecule has 0 unspecified atom stereocenters. The minimum Gasteiger partial charge on any atom is -0.322 e. The Hall–Kier alpha value is -1.87. The highest BCUT2D eigenvalue weighted by molar-refractivity contribution is 6.17. The zero-order valence-electron chi connectivity index (χ0n) is 10.4. The molecule has 2 aromatic carbocycles. The zero-order valence-corrected chi connectivity index (χ0v) is 11.2. The van der Waals surface area contributed by atoms with Gasteiger partial charge in [0, 0.05) is 17.1 Å². The van der Waals surface area contributed by atoms with Crippen molar-refractivity contribution in [2.45, 2.75) is 12.8 Å². The second kappa shape index (κ2) is 5.85. The molecule has 0 spiro atoms. The summed E-state index contributed by atoms with van der Waals surface area (Å²) in [5.41, 5.74) is 2.52. The Morgan fingerprint density at radius 2 is 2.00 bits per heavy atom. The molecule has 0 saturated carbocycles. The monoisotopic (exact) mass is 277 g/mol. The normalized spacial score (nSPS) is 10.3. The minimum atomic E-state index is -0.429. The molecule has 0 heterocycles. The second-order valence-corrected chi connectivity index (χ2v) is 4.47. The Morgan fingerprint density at radius 3 is 2.74 bits per heavy atom. The summed E-state index contributed by atoms with van der Waals surface area (Å²) in [6.07, 6.45) is 0. The molecular weight excluding hydrogens is 265 g/mol. The van der Waals surface area contributed by atoms with Gasteiger partial charge in [-0.25, -0.2) is 4.39 Å². The fraction of sp³-hybridized carbons (Fsp3) is 0.133. The maximum absolute atomic E-state index is 13.2. The molecule has 2 aromatic rings. The van der Waals surface area contributed by atoms with E-state index in [2.05, 4.69) is 5.32 Å². The quantitative estimate of drug-likeness (QED) is 0.840. The van der Waals surface area contributed by atoms with Crippen LogP contribution < -0.4 is 5.32 Å². The highest BCUT2D eigenvalue weighted by atomic mass is 35.5. The van der Waals surface area contributed by atoms with Crippen LogP contribution in [-0.2, 0) is 5.88 Å². The molecule has 2 nitrogen and oxygen atoms in total. The van der Waals surface area contributed by atoms with Crippen molar-refractivity contribution in [3.8, 4) is 0 Å². The van der Waals surface area contributed by atoms with Crippen LogP contribution in [0.1, 0.15) is 21.5 Å². The lowest BCUT2D eigenvalue weighted by molar-refractivity contribution is 0.102. The van der Waals surface area contributed by atoms with Gasteiger partial charge in [-0.1, -0.05) is 24.3 Å². The number of carbonyl (C=O) groups excluding carboxylic acids is 1. The molecule has 1 N–H and O–H groups in total. The third-order valence-electron chi connectivity index (χ3n) is 2.85. The molecule has 1 amide bonds. The smallest absolute Gasteiger partial charge is 0.256 e. The molecular formula is C15H13ClFNO. The molecule has 0 aliphatic heterocycles. The molecule has 0 fully saturated rings. The number of alkyl halides is 1. The first-order valence-corrected chi connectivity index (χ1v) is 6.36. The van der Waals surface area contributed by atoms with Crippen LogP contribution in [0.25, 0.3) is 0 Å². The number of nitrogens with one attached hydrogen (secondary N) is 1. The Labute approximate surface area is 116 Å². The average molecular weight is 278 g/mol. The number of hydrogen-bond donors (Lipinski definition) is 1. The first kappa shape index (κ1) is 13.6. The van der Waals surface area contributed by atoms with Gasteiger partial charge in [0.2, 0.25) is 0 Å². The van der Waals surface area contributed by atoms with Crippen LogP contribution in [-0.4, -0.2) is 5.91 Å². The van der Waals surface area contributed by atoms with Crippen LogP contribution in [0, 0.1) is 12.7 Å². The summed E-state index contributed by atoms with van der Waals surface area (Å²) >= 11 is 5.81. The van der Waals surface area contributed by atoms with Crippen molar-refractivity contribution in [2.75, 3.05) is 5.32 Å². The molecule has 0 aliphatic rings. The van der Waals surface area contributed by atoms with E-state index in [1.807, 2.05) is 18.2 Å². The molecule has 4 heteroatoms. The lowest BCUT2D eigenvalue weighted by Crippen LogP contribution is -2.14. The van der Waals surface area contributed by atoms with Crippen LogP contribution in [0.3, 0.4) is 0 Å². The number of hydrogen-bond acceptors (Lipinski definition) is 1. The molecule has 98 valence electrons. The van der Waals surface area contributed by atoms with Crippen molar-refractivity contribution in [3.05, 3.63) is 65.0 Å². The van der Waals surface area contributed by atoms with E-state index in [0.717, 1.165) is 11.1 Å². The predicted molar refractivity (Wildman–Crippen MR) is 75.1 cm³/mol. The van der Waals surface area contributed by atoms with E-state index in [0.29, 0.717) is 17.1 Å². The molecule has 19 heavy (non-hydrogen) atoms. The number of para-hydroxylation sites is 1. The summed E-state index contributed by atoms with van der Waals surface area (Å²) < 4.78 is 13.2. The highest BCUT2D eigenvalue weighted by Crippen LogP contribution is 2.19. The van der Waals surface area contributed by atoms with E-state index in [4.69, 9.17) is 11.6 Å². The van der Waals surface area contributed by atoms with Gasteiger partial charge in [0.25, 0.3) is 5.91 Å². The van der Waals surface area contributed by atoms with Crippen LogP contribution in [0.15, 0.2) is 42.5 Å². The van der Waals surface area contributed by atoms with Crippen LogP contribution in [0.5, 0.6) is 0 Å². The van der Waals surface area contributed by atoms with Gasteiger partial charge < -0.3 is 5.32 Å². The summed E-state index contributed by atoms with van der Waals surface area (Å²) in [4.78, 5) is 12.1. The largest absolute Gasteiger partial charge is 0.322 e. The minimum absolute atomic E-state index is 0.304. The fourth-order valence-electron chi connectivity index (χ4n) is 1.79. The SMILES string of the molecule is Cc1ccc(F)cc1C(=O)Nc1ccccc1CCl. The van der Waals surface area contributed by atoms with E-state index in [-0.39, 0.29) is 5.91 Å². The third kappa shape index (κ3) is 3.12. The van der Waals surface area contributed by atoms with Gasteiger partial charge in [-0.15, -0.1) is 11.6 Å². The Bertz CT molecular complexity index is 613. The van der Waals surface area contributed by atoms with E-state index < -0.39 is 5.82 Å². The first-order chi connectivity index (χ1) is 9.11. The molecule has 0 radical (unpaired) electrons. The number of aryl methyl sites for hydroxylation is 1.